The van der Waals surface area contributed by atoms with Crippen LogP contribution in [0.3, 0.4) is 0 Å². The Kier molecular flexibility index (Phi) is 4.97. The number of aromatic nitrogens is 2. The van der Waals surface area contributed by atoms with Crippen molar-refractivity contribution >= 4 is 29.3 Å². The molecule has 0 radical (unpaired) electrons. The average Bonchev–Trinajstić information content (AvgIpc) is 2.62. The highest BCUT2D eigenvalue weighted by atomic mass is 35.5. The van der Waals surface area contributed by atoms with Gasteiger partial charge in [-0.2, -0.15) is 0 Å². The number of anilines is 1. The first kappa shape index (κ1) is 16.7. The van der Waals surface area contributed by atoms with Gasteiger partial charge in [0.2, 0.25) is 5.95 Å². The topological polar surface area (TPSA) is 41.1 Å². The van der Waals surface area contributed by atoms with Crippen LogP contribution >= 0.6 is 12.4 Å². The van der Waals surface area contributed by atoms with Crippen molar-refractivity contribution in [2.75, 3.05) is 31.1 Å². The fourth-order valence-corrected chi connectivity index (χ4v) is 3.11. The van der Waals surface area contributed by atoms with Gasteiger partial charge in [0.15, 0.2) is 0 Å². The van der Waals surface area contributed by atoms with Crippen LogP contribution in [0.25, 0.3) is 22.2 Å². The van der Waals surface area contributed by atoms with E-state index in [2.05, 4.69) is 59.6 Å². The van der Waals surface area contributed by atoms with Crippen LogP contribution in [-0.4, -0.2) is 36.1 Å². The van der Waals surface area contributed by atoms with Gasteiger partial charge in [0, 0.05) is 37.1 Å². The van der Waals surface area contributed by atoms with Gasteiger partial charge in [-0.15, -0.1) is 12.4 Å². The quantitative estimate of drug-likeness (QED) is 0.776. The molecule has 0 spiro atoms. The molecule has 2 heterocycles. The van der Waals surface area contributed by atoms with E-state index < -0.39 is 0 Å². The van der Waals surface area contributed by atoms with Crippen molar-refractivity contribution in [3.63, 3.8) is 0 Å². The second kappa shape index (κ2) is 7.16. The van der Waals surface area contributed by atoms with Crippen LogP contribution in [0.15, 0.2) is 48.5 Å². The Hall–Kier alpha value is -2.17. The fraction of sp³-hybridized carbons (Fsp3) is 0.263. The highest BCUT2D eigenvalue weighted by Gasteiger charge is 2.17. The Morgan fingerprint density at radius 2 is 1.62 bits per heavy atom. The number of nitrogens with one attached hydrogen (secondary N) is 1. The van der Waals surface area contributed by atoms with Crippen molar-refractivity contribution < 1.29 is 0 Å². The minimum atomic E-state index is 0. The summed E-state index contributed by atoms with van der Waals surface area (Å²) in [6, 6.07) is 16.7. The van der Waals surface area contributed by atoms with Crippen molar-refractivity contribution in [2.45, 2.75) is 6.92 Å². The zero-order chi connectivity index (χ0) is 15.6. The zero-order valence-corrected chi connectivity index (χ0v) is 14.5. The van der Waals surface area contributed by atoms with Gasteiger partial charge in [-0.05, 0) is 18.6 Å². The normalized spacial score (nSPS) is 14.5. The lowest BCUT2D eigenvalue weighted by Gasteiger charge is -2.28. The number of benzene rings is 2. The third-order valence-electron chi connectivity index (χ3n) is 4.39. The second-order valence-corrected chi connectivity index (χ2v) is 5.94. The molecule has 0 saturated carbocycles. The highest BCUT2D eigenvalue weighted by Crippen LogP contribution is 2.30. The lowest BCUT2D eigenvalue weighted by Crippen LogP contribution is -2.44. The maximum absolute atomic E-state index is 4.94. The summed E-state index contributed by atoms with van der Waals surface area (Å²) in [5.41, 5.74) is 4.46. The first-order valence-electron chi connectivity index (χ1n) is 8.11. The molecule has 0 bridgehead atoms. The first-order chi connectivity index (χ1) is 11.3. The molecule has 0 atom stereocenters. The molecule has 5 heteroatoms. The number of para-hydroxylation sites is 1. The molecule has 4 rings (SSSR count). The molecular formula is C19H21ClN4. The lowest BCUT2D eigenvalue weighted by atomic mass is 10.0. The van der Waals surface area contributed by atoms with Gasteiger partial charge in [0.25, 0.3) is 0 Å². The van der Waals surface area contributed by atoms with Gasteiger partial charge in [-0.3, -0.25) is 0 Å². The van der Waals surface area contributed by atoms with Crippen LogP contribution in [-0.2, 0) is 0 Å². The first-order valence-corrected chi connectivity index (χ1v) is 8.11. The van der Waals surface area contributed by atoms with E-state index in [1.54, 1.807) is 0 Å². The molecule has 0 aliphatic carbocycles. The molecule has 1 N–H and O–H groups in total. The Morgan fingerprint density at radius 1 is 0.917 bits per heavy atom. The summed E-state index contributed by atoms with van der Waals surface area (Å²) in [6.07, 6.45) is 0. The Labute approximate surface area is 148 Å². The summed E-state index contributed by atoms with van der Waals surface area (Å²) in [5.74, 6) is 0.837. The maximum Gasteiger partial charge on any atom is 0.226 e. The standard InChI is InChI=1S/C19H20N4.ClH/c1-14-6-2-3-7-15(14)18-16-8-4-5-9-17(16)21-19(22-18)23-12-10-20-11-13-23;/h2-9,20H,10-13H2,1H3;1H. The summed E-state index contributed by atoms with van der Waals surface area (Å²) in [5, 5.41) is 4.49. The van der Waals surface area contributed by atoms with E-state index in [0.717, 1.165) is 48.7 Å². The van der Waals surface area contributed by atoms with E-state index >= 15 is 0 Å². The van der Waals surface area contributed by atoms with Crippen LogP contribution in [0.4, 0.5) is 5.95 Å². The van der Waals surface area contributed by atoms with Crippen molar-refractivity contribution in [2.24, 2.45) is 0 Å². The van der Waals surface area contributed by atoms with Gasteiger partial charge in [0.1, 0.15) is 0 Å². The minimum Gasteiger partial charge on any atom is -0.338 e. The number of hydrogen-bond donors (Lipinski definition) is 1. The number of halogens is 1. The number of rotatable bonds is 2. The number of fused-ring (bicyclic) bond motifs is 1. The van der Waals surface area contributed by atoms with Gasteiger partial charge in [0.05, 0.1) is 11.2 Å². The van der Waals surface area contributed by atoms with Crippen LogP contribution in [0.1, 0.15) is 5.56 Å². The molecule has 124 valence electrons. The summed E-state index contributed by atoms with van der Waals surface area (Å²) < 4.78 is 0. The largest absolute Gasteiger partial charge is 0.338 e. The lowest BCUT2D eigenvalue weighted by molar-refractivity contribution is 0.581. The molecular weight excluding hydrogens is 320 g/mol. The molecule has 1 saturated heterocycles. The second-order valence-electron chi connectivity index (χ2n) is 5.94. The predicted octanol–water partition coefficient (Wildman–Crippen LogP) is 3.44. The molecule has 1 fully saturated rings. The van der Waals surface area contributed by atoms with Gasteiger partial charge >= 0.3 is 0 Å². The Balaban J connectivity index is 0.00000169. The van der Waals surface area contributed by atoms with Gasteiger partial charge in [-0.1, -0.05) is 42.5 Å². The van der Waals surface area contributed by atoms with E-state index in [-0.39, 0.29) is 12.4 Å². The predicted molar refractivity (Wildman–Crippen MR) is 102 cm³/mol. The van der Waals surface area contributed by atoms with Crippen LogP contribution in [0.2, 0.25) is 0 Å². The molecule has 2 aromatic carbocycles. The number of hydrogen-bond acceptors (Lipinski definition) is 4. The summed E-state index contributed by atoms with van der Waals surface area (Å²) in [7, 11) is 0. The molecule has 1 aromatic heterocycles. The number of aryl methyl sites for hydroxylation is 1. The number of nitrogens with zero attached hydrogens (tertiary/aromatic N) is 3. The zero-order valence-electron chi connectivity index (χ0n) is 13.7. The maximum atomic E-state index is 4.94. The molecule has 24 heavy (non-hydrogen) atoms. The minimum absolute atomic E-state index is 0. The Bertz CT molecular complexity index is 844. The van der Waals surface area contributed by atoms with E-state index in [1.165, 1.54) is 11.1 Å². The van der Waals surface area contributed by atoms with Crippen molar-refractivity contribution in [1.82, 2.24) is 15.3 Å². The van der Waals surface area contributed by atoms with E-state index in [9.17, 15) is 0 Å². The molecule has 3 aromatic rings. The van der Waals surface area contributed by atoms with Gasteiger partial charge in [-0.25, -0.2) is 9.97 Å². The average molecular weight is 341 g/mol. The van der Waals surface area contributed by atoms with Crippen LogP contribution in [0, 0.1) is 6.92 Å². The molecule has 4 nitrogen and oxygen atoms in total. The molecule has 1 aliphatic rings. The summed E-state index contributed by atoms with van der Waals surface area (Å²) in [4.78, 5) is 12.0. The van der Waals surface area contributed by atoms with Gasteiger partial charge < -0.3 is 10.2 Å². The summed E-state index contributed by atoms with van der Waals surface area (Å²) in [6.45, 7) is 6.00. The van der Waals surface area contributed by atoms with Crippen molar-refractivity contribution in [1.29, 1.82) is 0 Å². The molecule has 0 unspecified atom stereocenters. The fourth-order valence-electron chi connectivity index (χ4n) is 3.11. The number of piperazine rings is 1. The smallest absolute Gasteiger partial charge is 0.226 e. The van der Waals surface area contributed by atoms with Crippen LogP contribution < -0.4 is 10.2 Å². The monoisotopic (exact) mass is 340 g/mol. The highest BCUT2D eigenvalue weighted by molar-refractivity contribution is 5.93. The van der Waals surface area contributed by atoms with E-state index in [0.29, 0.717) is 0 Å². The molecule has 1 aliphatic heterocycles. The van der Waals surface area contributed by atoms with E-state index in [1.807, 2.05) is 6.07 Å². The van der Waals surface area contributed by atoms with Crippen LogP contribution in [0.5, 0.6) is 0 Å². The third kappa shape index (κ3) is 3.07. The third-order valence-corrected chi connectivity index (χ3v) is 4.39. The van der Waals surface area contributed by atoms with E-state index in [4.69, 9.17) is 9.97 Å². The molecule has 0 amide bonds. The SMILES string of the molecule is Cc1ccccc1-c1nc(N2CCNCC2)nc2ccccc12.Cl. The summed E-state index contributed by atoms with van der Waals surface area (Å²) >= 11 is 0. The van der Waals surface area contributed by atoms with Crippen molar-refractivity contribution in [3.05, 3.63) is 54.1 Å². The Morgan fingerprint density at radius 3 is 2.42 bits per heavy atom. The van der Waals surface area contributed by atoms with Crippen molar-refractivity contribution in [3.8, 4) is 11.3 Å².